The molecule has 2 aromatic carbocycles. The smallest absolute Gasteiger partial charge is 0.123 e. The fraction of sp³-hybridized carbons (Fsp3) is 0.412. The number of hydrogen-bond acceptors (Lipinski definition) is 3. The van der Waals surface area contributed by atoms with Crippen LogP contribution in [-0.4, -0.2) is 26.4 Å². The van der Waals surface area contributed by atoms with Crippen molar-refractivity contribution in [3.8, 4) is 5.75 Å². The van der Waals surface area contributed by atoms with Crippen LogP contribution < -0.4 is 10.1 Å². The molecule has 0 radical (unpaired) electrons. The molecule has 1 fully saturated rings. The third-order valence-electron chi connectivity index (χ3n) is 3.92. The molecule has 0 spiro atoms. The van der Waals surface area contributed by atoms with Gasteiger partial charge in [-0.15, -0.1) is 0 Å². The zero-order valence-electron chi connectivity index (χ0n) is 11.9. The lowest BCUT2D eigenvalue weighted by molar-refractivity contribution is 0.110. The van der Waals surface area contributed by atoms with Crippen molar-refractivity contribution in [3.63, 3.8) is 0 Å². The Morgan fingerprint density at radius 3 is 2.95 bits per heavy atom. The Hall–Kier alpha value is -1.58. The van der Waals surface area contributed by atoms with Crippen molar-refractivity contribution in [1.82, 2.24) is 5.32 Å². The van der Waals surface area contributed by atoms with Crippen LogP contribution in [0.5, 0.6) is 5.75 Å². The Morgan fingerprint density at radius 1 is 1.25 bits per heavy atom. The predicted octanol–water partition coefficient (Wildman–Crippen LogP) is 3.12. The minimum absolute atomic E-state index is 0.371. The van der Waals surface area contributed by atoms with Crippen LogP contribution in [0.15, 0.2) is 36.4 Å². The van der Waals surface area contributed by atoms with Crippen molar-refractivity contribution in [2.24, 2.45) is 0 Å². The summed E-state index contributed by atoms with van der Waals surface area (Å²) in [6.07, 6.45) is 2.72. The molecule has 0 amide bonds. The van der Waals surface area contributed by atoms with Gasteiger partial charge in [0.1, 0.15) is 5.75 Å². The van der Waals surface area contributed by atoms with Gasteiger partial charge >= 0.3 is 0 Å². The van der Waals surface area contributed by atoms with Crippen LogP contribution in [-0.2, 0) is 11.3 Å². The van der Waals surface area contributed by atoms with Gasteiger partial charge in [-0.05, 0) is 29.7 Å². The van der Waals surface area contributed by atoms with Gasteiger partial charge in [0.05, 0.1) is 13.2 Å². The van der Waals surface area contributed by atoms with E-state index in [0.717, 1.165) is 25.4 Å². The van der Waals surface area contributed by atoms with Crippen LogP contribution in [0.3, 0.4) is 0 Å². The van der Waals surface area contributed by atoms with Gasteiger partial charge in [0.15, 0.2) is 0 Å². The Bertz CT molecular complexity index is 576. The summed E-state index contributed by atoms with van der Waals surface area (Å²) in [5.74, 6) is 0.948. The summed E-state index contributed by atoms with van der Waals surface area (Å²) < 4.78 is 11.1. The molecule has 1 saturated heterocycles. The molecule has 0 saturated carbocycles. The largest absolute Gasteiger partial charge is 0.496 e. The molecule has 1 aliphatic heterocycles. The zero-order valence-corrected chi connectivity index (χ0v) is 11.9. The number of benzene rings is 2. The van der Waals surface area contributed by atoms with Crippen LogP contribution >= 0.6 is 0 Å². The normalized spacial score (nSPS) is 18.6. The number of hydrogen-bond donors (Lipinski definition) is 1. The first-order valence-electron chi connectivity index (χ1n) is 7.25. The van der Waals surface area contributed by atoms with Crippen molar-refractivity contribution in [1.29, 1.82) is 0 Å². The standard InChI is InChI=1S/C17H21NO2/c1-19-17-9-8-13-5-2-3-7-15(13)16(17)12-18-11-14-6-4-10-20-14/h2-3,5,7-9,14,18H,4,6,10-12H2,1H3/t14-/m0/s1. The Kier molecular flexibility index (Phi) is 4.19. The molecule has 2 aromatic rings. The summed E-state index contributed by atoms with van der Waals surface area (Å²) in [5, 5.41) is 6.01. The summed E-state index contributed by atoms with van der Waals surface area (Å²) in [5.41, 5.74) is 1.23. The zero-order chi connectivity index (χ0) is 13.8. The maximum absolute atomic E-state index is 5.64. The Morgan fingerprint density at radius 2 is 2.15 bits per heavy atom. The number of rotatable bonds is 5. The second-order valence-corrected chi connectivity index (χ2v) is 5.23. The molecule has 106 valence electrons. The highest BCUT2D eigenvalue weighted by Gasteiger charge is 2.15. The topological polar surface area (TPSA) is 30.5 Å². The van der Waals surface area contributed by atoms with E-state index in [0.29, 0.717) is 6.10 Å². The summed E-state index contributed by atoms with van der Waals surface area (Å²) >= 11 is 0. The van der Waals surface area contributed by atoms with Crippen molar-refractivity contribution in [2.75, 3.05) is 20.3 Å². The molecule has 1 N–H and O–H groups in total. The number of fused-ring (bicyclic) bond motifs is 1. The lowest BCUT2D eigenvalue weighted by Gasteiger charge is -2.15. The van der Waals surface area contributed by atoms with Gasteiger partial charge in [0.2, 0.25) is 0 Å². The maximum atomic E-state index is 5.64. The van der Waals surface area contributed by atoms with Crippen molar-refractivity contribution in [3.05, 3.63) is 42.0 Å². The first kappa shape index (κ1) is 13.4. The molecule has 0 aliphatic carbocycles. The SMILES string of the molecule is COc1ccc2ccccc2c1CNC[C@@H]1CCCO1. The fourth-order valence-corrected chi connectivity index (χ4v) is 2.85. The van der Waals surface area contributed by atoms with E-state index in [2.05, 4.69) is 35.6 Å². The average Bonchev–Trinajstić information content (AvgIpc) is 3.00. The van der Waals surface area contributed by atoms with Crippen LogP contribution in [0.4, 0.5) is 0 Å². The minimum atomic E-state index is 0.371. The second-order valence-electron chi connectivity index (χ2n) is 5.23. The summed E-state index contributed by atoms with van der Waals surface area (Å²) in [6.45, 7) is 2.63. The molecular weight excluding hydrogens is 250 g/mol. The van der Waals surface area contributed by atoms with E-state index >= 15 is 0 Å². The molecule has 1 aliphatic rings. The van der Waals surface area contributed by atoms with E-state index in [1.165, 1.54) is 29.2 Å². The van der Waals surface area contributed by atoms with E-state index in [-0.39, 0.29) is 0 Å². The van der Waals surface area contributed by atoms with Crippen LogP contribution in [0.1, 0.15) is 18.4 Å². The molecule has 3 rings (SSSR count). The lowest BCUT2D eigenvalue weighted by atomic mass is 10.0. The van der Waals surface area contributed by atoms with Gasteiger partial charge in [-0.2, -0.15) is 0 Å². The first-order valence-corrected chi connectivity index (χ1v) is 7.25. The first-order chi connectivity index (χ1) is 9.88. The number of nitrogens with one attached hydrogen (secondary N) is 1. The van der Waals surface area contributed by atoms with Gasteiger partial charge in [-0.3, -0.25) is 0 Å². The third-order valence-corrected chi connectivity index (χ3v) is 3.92. The van der Waals surface area contributed by atoms with E-state index in [1.54, 1.807) is 7.11 Å². The molecule has 1 atom stereocenters. The molecule has 0 bridgehead atoms. The molecule has 0 unspecified atom stereocenters. The van der Waals surface area contributed by atoms with Crippen LogP contribution in [0.2, 0.25) is 0 Å². The Balaban J connectivity index is 1.77. The van der Waals surface area contributed by atoms with Crippen molar-refractivity contribution >= 4 is 10.8 Å². The van der Waals surface area contributed by atoms with E-state index in [1.807, 2.05) is 6.07 Å². The van der Waals surface area contributed by atoms with E-state index < -0.39 is 0 Å². The maximum Gasteiger partial charge on any atom is 0.123 e. The van der Waals surface area contributed by atoms with Crippen molar-refractivity contribution < 1.29 is 9.47 Å². The van der Waals surface area contributed by atoms with Gasteiger partial charge in [0.25, 0.3) is 0 Å². The van der Waals surface area contributed by atoms with Gasteiger partial charge in [0, 0.05) is 25.3 Å². The molecule has 1 heterocycles. The predicted molar refractivity (Wildman–Crippen MR) is 81.2 cm³/mol. The molecule has 20 heavy (non-hydrogen) atoms. The highest BCUT2D eigenvalue weighted by molar-refractivity contribution is 5.87. The van der Waals surface area contributed by atoms with Crippen LogP contribution in [0, 0.1) is 0 Å². The van der Waals surface area contributed by atoms with Crippen LogP contribution in [0.25, 0.3) is 10.8 Å². The highest BCUT2D eigenvalue weighted by atomic mass is 16.5. The Labute approximate surface area is 119 Å². The lowest BCUT2D eigenvalue weighted by Crippen LogP contribution is -2.26. The number of methoxy groups -OCH3 is 1. The minimum Gasteiger partial charge on any atom is -0.496 e. The molecule has 3 nitrogen and oxygen atoms in total. The average molecular weight is 271 g/mol. The molecule has 3 heteroatoms. The highest BCUT2D eigenvalue weighted by Crippen LogP contribution is 2.27. The van der Waals surface area contributed by atoms with Gasteiger partial charge in [-0.1, -0.05) is 30.3 Å². The molecule has 0 aromatic heterocycles. The second kappa shape index (κ2) is 6.25. The van der Waals surface area contributed by atoms with E-state index in [9.17, 15) is 0 Å². The van der Waals surface area contributed by atoms with E-state index in [4.69, 9.17) is 9.47 Å². The van der Waals surface area contributed by atoms with Crippen molar-refractivity contribution in [2.45, 2.75) is 25.5 Å². The molecular formula is C17H21NO2. The third kappa shape index (κ3) is 2.79. The summed E-state index contributed by atoms with van der Waals surface area (Å²) in [7, 11) is 1.73. The number of ether oxygens (including phenoxy) is 2. The monoisotopic (exact) mass is 271 g/mol. The fourth-order valence-electron chi connectivity index (χ4n) is 2.85. The van der Waals surface area contributed by atoms with Gasteiger partial charge in [-0.25, -0.2) is 0 Å². The quantitative estimate of drug-likeness (QED) is 0.906. The summed E-state index contributed by atoms with van der Waals surface area (Å²) in [6, 6.07) is 12.6. The summed E-state index contributed by atoms with van der Waals surface area (Å²) in [4.78, 5) is 0. The van der Waals surface area contributed by atoms with Gasteiger partial charge < -0.3 is 14.8 Å².